The Bertz CT molecular complexity index is 5640. The van der Waals surface area contributed by atoms with E-state index in [1.165, 1.54) is 170 Å². The lowest BCUT2D eigenvalue weighted by Gasteiger charge is -2.19. The maximum Gasteiger partial charge on any atom is 0.0701 e. The van der Waals surface area contributed by atoms with Gasteiger partial charge >= 0.3 is 0 Å². The second-order valence-corrected chi connectivity index (χ2v) is 22.0. The van der Waals surface area contributed by atoms with Crippen molar-refractivity contribution in [3.63, 3.8) is 0 Å². The van der Waals surface area contributed by atoms with Gasteiger partial charge in [-0.15, -0.1) is 0 Å². The van der Waals surface area contributed by atoms with E-state index in [1.54, 1.807) is 0 Å². The van der Waals surface area contributed by atoms with Gasteiger partial charge in [-0.3, -0.25) is 4.98 Å². The highest BCUT2D eigenvalue weighted by molar-refractivity contribution is 6.34. The molecule has 0 bridgehead atoms. The highest BCUT2D eigenvalue weighted by Crippen LogP contribution is 2.56. The number of hydrogen-bond donors (Lipinski definition) is 0. The van der Waals surface area contributed by atoms with Gasteiger partial charge in [0.1, 0.15) is 0 Å². The number of nitrogens with zero attached hydrogens (tertiary/aromatic N) is 3. The molecule has 19 rings (SSSR count). The number of benzene rings is 14. The maximum atomic E-state index is 4.66. The largest absolute Gasteiger partial charge is 0.309 e. The minimum Gasteiger partial charge on any atom is -0.309 e. The summed E-state index contributed by atoms with van der Waals surface area (Å²) >= 11 is 0. The molecule has 14 aromatic carbocycles. The first-order chi connectivity index (χ1) is 39.7. The van der Waals surface area contributed by atoms with Crippen LogP contribution in [0.2, 0.25) is 0 Å². The van der Waals surface area contributed by atoms with E-state index in [1.807, 2.05) is 12.3 Å². The Morgan fingerprint density at radius 3 is 1.54 bits per heavy atom. The molecule has 3 heteroatoms. The topological polar surface area (TPSA) is 22.8 Å². The molecule has 0 saturated heterocycles. The van der Waals surface area contributed by atoms with Gasteiger partial charge in [0.15, 0.2) is 0 Å². The molecule has 0 fully saturated rings. The molecule has 2 aliphatic carbocycles. The predicted octanol–water partition coefficient (Wildman–Crippen LogP) is 20.8. The molecule has 3 nitrogen and oxygen atoms in total. The molecule has 0 N–H and O–H groups in total. The molecular formula is C77H43N3. The van der Waals surface area contributed by atoms with Gasteiger partial charge in [0.05, 0.1) is 33.4 Å². The van der Waals surface area contributed by atoms with Crippen molar-refractivity contribution in [2.75, 3.05) is 0 Å². The summed E-state index contributed by atoms with van der Waals surface area (Å²) in [5.74, 6) is 0. The molecule has 0 radical (unpaired) electrons. The summed E-state index contributed by atoms with van der Waals surface area (Å²) in [7, 11) is 0. The number of aromatic nitrogens is 3. The van der Waals surface area contributed by atoms with Gasteiger partial charge in [-0.1, -0.05) is 200 Å². The third kappa shape index (κ3) is 5.50. The van der Waals surface area contributed by atoms with Gasteiger partial charge in [0.25, 0.3) is 0 Å². The van der Waals surface area contributed by atoms with Crippen molar-refractivity contribution in [1.82, 2.24) is 14.1 Å². The van der Waals surface area contributed by atoms with Crippen molar-refractivity contribution < 1.29 is 0 Å². The zero-order chi connectivity index (χ0) is 51.9. The van der Waals surface area contributed by atoms with Crippen LogP contribution in [0.15, 0.2) is 261 Å². The van der Waals surface area contributed by atoms with Crippen LogP contribution in [0.5, 0.6) is 0 Å². The average molecular weight is 1010 g/mol. The molecule has 0 aliphatic heterocycles. The number of pyridine rings is 1. The van der Waals surface area contributed by atoms with Crippen molar-refractivity contribution in [1.29, 1.82) is 0 Å². The summed E-state index contributed by atoms with van der Waals surface area (Å²) in [5.41, 5.74) is 21.9. The van der Waals surface area contributed by atoms with Gasteiger partial charge in [-0.2, -0.15) is 0 Å². The van der Waals surface area contributed by atoms with Crippen molar-refractivity contribution in [2.24, 2.45) is 0 Å². The van der Waals surface area contributed by atoms with Crippen molar-refractivity contribution in [3.05, 3.63) is 261 Å². The minimum absolute atomic E-state index is 0.970. The van der Waals surface area contributed by atoms with E-state index in [4.69, 9.17) is 0 Å². The molecule has 0 spiro atoms. The molecule has 3 heterocycles. The summed E-state index contributed by atoms with van der Waals surface area (Å²) < 4.78 is 5.14. The average Bonchev–Trinajstić information content (AvgIpc) is 4.44. The first kappa shape index (κ1) is 42.5. The SMILES string of the molecule is c1ccc(-c2ccc(-n3c4ccccc4c4ccc5c(c43)-c3cccc4cc(-c6ccc7c8ccc9c(c8n(-c8cc%10c%11ccccc%11c%11ccccc%11c%10c%10ccccc8%10)c7c6)-c6cccc7cccc-9c67)cc-5c34)cc2)nc1. The Morgan fingerprint density at radius 2 is 0.812 bits per heavy atom. The Labute approximate surface area is 459 Å². The number of para-hydroxylation sites is 1. The monoisotopic (exact) mass is 1010 g/mol. The molecule has 17 aromatic rings. The predicted molar refractivity (Wildman–Crippen MR) is 338 cm³/mol. The highest BCUT2D eigenvalue weighted by Gasteiger charge is 2.31. The van der Waals surface area contributed by atoms with Crippen LogP contribution < -0.4 is 0 Å². The Hall–Kier alpha value is -10.6. The first-order valence-corrected chi connectivity index (χ1v) is 27.8. The fraction of sp³-hybridized carbons (Fsp3) is 0. The normalized spacial score (nSPS) is 12.5. The quantitative estimate of drug-likeness (QED) is 0.161. The highest BCUT2D eigenvalue weighted by atomic mass is 15.0. The van der Waals surface area contributed by atoms with Crippen LogP contribution in [0, 0.1) is 0 Å². The van der Waals surface area contributed by atoms with Crippen LogP contribution in [-0.4, -0.2) is 14.1 Å². The van der Waals surface area contributed by atoms with Gasteiger partial charge in [-0.05, 0) is 158 Å². The van der Waals surface area contributed by atoms with Crippen LogP contribution in [0.25, 0.3) is 187 Å². The van der Waals surface area contributed by atoms with Crippen molar-refractivity contribution >= 4 is 108 Å². The van der Waals surface area contributed by atoms with E-state index in [0.29, 0.717) is 0 Å². The Balaban J connectivity index is 0.880. The Kier molecular flexibility index (Phi) is 8.25. The second-order valence-electron chi connectivity index (χ2n) is 22.0. The van der Waals surface area contributed by atoms with Gasteiger partial charge in [-0.25, -0.2) is 0 Å². The smallest absolute Gasteiger partial charge is 0.0701 e. The fourth-order valence-electron chi connectivity index (χ4n) is 14.9. The minimum atomic E-state index is 0.970. The van der Waals surface area contributed by atoms with Crippen LogP contribution in [0.4, 0.5) is 0 Å². The second kappa shape index (κ2) is 15.5. The molecule has 80 heavy (non-hydrogen) atoms. The van der Waals surface area contributed by atoms with Crippen LogP contribution in [0.1, 0.15) is 0 Å². The van der Waals surface area contributed by atoms with Gasteiger partial charge < -0.3 is 9.13 Å². The molecule has 0 unspecified atom stereocenters. The lowest BCUT2D eigenvalue weighted by molar-refractivity contribution is 1.18. The van der Waals surface area contributed by atoms with Crippen molar-refractivity contribution in [2.45, 2.75) is 0 Å². The van der Waals surface area contributed by atoms with Crippen molar-refractivity contribution in [3.8, 4) is 78.3 Å². The third-order valence-electron chi connectivity index (χ3n) is 18.2. The van der Waals surface area contributed by atoms with E-state index in [2.05, 4.69) is 263 Å². The summed E-state index contributed by atoms with van der Waals surface area (Å²) in [6.45, 7) is 0. The fourth-order valence-corrected chi connectivity index (χ4v) is 14.9. The van der Waals surface area contributed by atoms with E-state index in [9.17, 15) is 0 Å². The molecule has 0 saturated carbocycles. The lowest BCUT2D eigenvalue weighted by atomic mass is 9.90. The Morgan fingerprint density at radius 1 is 0.263 bits per heavy atom. The molecule has 366 valence electrons. The van der Waals surface area contributed by atoms with E-state index in [0.717, 1.165) is 16.9 Å². The molecular weight excluding hydrogens is 967 g/mol. The van der Waals surface area contributed by atoms with Gasteiger partial charge in [0, 0.05) is 55.5 Å². The van der Waals surface area contributed by atoms with Crippen LogP contribution in [-0.2, 0) is 0 Å². The summed E-state index contributed by atoms with van der Waals surface area (Å²) in [6, 6.07) is 95.8. The summed E-state index contributed by atoms with van der Waals surface area (Å²) in [5, 5.41) is 20.3. The van der Waals surface area contributed by atoms with E-state index >= 15 is 0 Å². The van der Waals surface area contributed by atoms with Crippen LogP contribution >= 0.6 is 0 Å². The van der Waals surface area contributed by atoms with Crippen LogP contribution in [0.3, 0.4) is 0 Å². The third-order valence-corrected chi connectivity index (χ3v) is 18.2. The lowest BCUT2D eigenvalue weighted by Crippen LogP contribution is -1.98. The maximum absolute atomic E-state index is 4.66. The van der Waals surface area contributed by atoms with Gasteiger partial charge in [0.2, 0.25) is 0 Å². The molecule has 0 atom stereocenters. The first-order valence-electron chi connectivity index (χ1n) is 27.8. The zero-order valence-electron chi connectivity index (χ0n) is 43.2. The summed E-state index contributed by atoms with van der Waals surface area (Å²) in [4.78, 5) is 4.66. The summed E-state index contributed by atoms with van der Waals surface area (Å²) in [6.07, 6.45) is 1.86. The molecule has 2 aliphatic rings. The standard InChI is InChI=1S/C77H43N3/c1-2-19-52-50(17-1)51-18-3-5-22-56(51)73-57-23-6-4-20-53(57)70(43-66(52)73)80-69-42-46(31-34-55(69)62-37-35-59-58-24-11-14-45-15-12-25-63(71(45)58)74(59)77(62)80)48-40-47-16-13-26-64-72(47)65(41-48)60-36-38-61-54-21-7-8-28-68(54)79(76(61)75(60)64)49-32-29-44(30-33-49)67-27-9-10-39-78-67/h1-43H. The molecule has 3 aromatic heterocycles. The molecule has 0 amide bonds. The number of fused-ring (bicyclic) bond motifs is 22. The number of hydrogen-bond acceptors (Lipinski definition) is 1. The van der Waals surface area contributed by atoms with E-state index < -0.39 is 0 Å². The zero-order valence-corrected chi connectivity index (χ0v) is 43.2. The van der Waals surface area contributed by atoms with E-state index in [-0.39, 0.29) is 0 Å². The number of rotatable bonds is 4.